The first-order valence-corrected chi connectivity index (χ1v) is 9.16. The van der Waals surface area contributed by atoms with Crippen LogP contribution in [-0.2, 0) is 6.18 Å². The summed E-state index contributed by atoms with van der Waals surface area (Å²) >= 11 is 5.56. The quantitative estimate of drug-likeness (QED) is 0.301. The molecule has 32 heavy (non-hydrogen) atoms. The highest BCUT2D eigenvalue weighted by Gasteiger charge is 2.33. The Balaban J connectivity index is 1.62. The molecule has 1 aromatic heterocycles. The van der Waals surface area contributed by atoms with Crippen LogP contribution in [0.1, 0.15) is 16.1 Å². The van der Waals surface area contributed by atoms with Crippen molar-refractivity contribution in [2.24, 2.45) is 0 Å². The minimum Gasteiger partial charge on any atom is -0.457 e. The van der Waals surface area contributed by atoms with Gasteiger partial charge in [0.25, 0.3) is 5.91 Å². The summed E-state index contributed by atoms with van der Waals surface area (Å²) in [5, 5.41) is 13.0. The zero-order valence-electron chi connectivity index (χ0n) is 15.9. The molecule has 0 radical (unpaired) electrons. The van der Waals surface area contributed by atoms with Crippen molar-refractivity contribution in [3.8, 4) is 11.5 Å². The van der Waals surface area contributed by atoms with Crippen molar-refractivity contribution in [3.63, 3.8) is 0 Å². The Labute approximate surface area is 183 Å². The number of alkyl halides is 3. The Hall–Kier alpha value is -3.83. The first kappa shape index (κ1) is 22.8. The van der Waals surface area contributed by atoms with Crippen LogP contribution in [0.15, 0.2) is 60.8 Å². The van der Waals surface area contributed by atoms with Gasteiger partial charge in [0.15, 0.2) is 0 Å². The van der Waals surface area contributed by atoms with Gasteiger partial charge in [-0.05, 0) is 48.5 Å². The normalized spacial score (nSPS) is 10.9. The maximum absolute atomic E-state index is 12.9. The number of halogens is 4. The second-order valence-electron chi connectivity index (χ2n) is 6.22. The molecule has 0 fully saturated rings. The third-order valence-electron chi connectivity index (χ3n) is 3.94. The fraction of sp³-hybridized carbons (Fsp3) is 0.0500. The van der Waals surface area contributed by atoms with Crippen LogP contribution in [0.25, 0.3) is 0 Å². The van der Waals surface area contributed by atoms with Crippen molar-refractivity contribution in [3.05, 3.63) is 77.1 Å². The number of hydroxylamine groups is 1. The maximum atomic E-state index is 12.9. The molecule has 0 aliphatic heterocycles. The van der Waals surface area contributed by atoms with Crippen molar-refractivity contribution < 1.29 is 32.7 Å². The summed E-state index contributed by atoms with van der Waals surface area (Å²) in [4.78, 5) is 27.3. The fourth-order valence-corrected chi connectivity index (χ4v) is 2.74. The molecule has 3 aromatic rings. The number of carbonyl (C=O) groups is 2. The van der Waals surface area contributed by atoms with Crippen LogP contribution in [-0.4, -0.2) is 22.1 Å². The number of amides is 3. The average molecular weight is 467 g/mol. The summed E-state index contributed by atoms with van der Waals surface area (Å²) in [6.45, 7) is 0. The molecule has 0 saturated carbocycles. The van der Waals surface area contributed by atoms with Crippen molar-refractivity contribution in [1.82, 2.24) is 10.5 Å². The van der Waals surface area contributed by atoms with Gasteiger partial charge in [0.2, 0.25) is 0 Å². The predicted octanol–water partition coefficient (Wildman–Crippen LogP) is 5.31. The number of ether oxygens (including phenoxy) is 1. The van der Waals surface area contributed by atoms with Gasteiger partial charge in [-0.1, -0.05) is 11.6 Å². The number of pyridine rings is 1. The molecule has 0 bridgehead atoms. The first-order valence-electron chi connectivity index (χ1n) is 8.79. The molecule has 4 N–H and O–H groups in total. The molecule has 1 heterocycles. The van der Waals surface area contributed by atoms with Gasteiger partial charge in [-0.25, -0.2) is 10.3 Å². The number of hydrogen-bond donors (Lipinski definition) is 4. The molecule has 3 rings (SSSR count). The van der Waals surface area contributed by atoms with Crippen molar-refractivity contribution in [1.29, 1.82) is 0 Å². The van der Waals surface area contributed by atoms with Gasteiger partial charge >= 0.3 is 12.2 Å². The lowest BCUT2D eigenvalue weighted by Gasteiger charge is -2.12. The first-order chi connectivity index (χ1) is 15.2. The van der Waals surface area contributed by atoms with E-state index >= 15 is 0 Å². The van der Waals surface area contributed by atoms with Gasteiger partial charge in [0, 0.05) is 23.6 Å². The second kappa shape index (κ2) is 9.54. The van der Waals surface area contributed by atoms with Crippen LogP contribution in [0.4, 0.5) is 29.3 Å². The highest BCUT2D eigenvalue weighted by Crippen LogP contribution is 2.36. The average Bonchev–Trinajstić information content (AvgIpc) is 2.75. The molecule has 0 aliphatic carbocycles. The number of urea groups is 1. The van der Waals surface area contributed by atoms with Gasteiger partial charge in [0.05, 0.1) is 10.6 Å². The molecule has 0 atom stereocenters. The number of anilines is 2. The number of rotatable bonds is 5. The molecule has 0 saturated heterocycles. The molecule has 8 nitrogen and oxygen atoms in total. The van der Waals surface area contributed by atoms with Crippen molar-refractivity contribution >= 4 is 34.9 Å². The topological polar surface area (TPSA) is 113 Å². The molecule has 0 unspecified atom stereocenters. The predicted molar refractivity (Wildman–Crippen MR) is 109 cm³/mol. The van der Waals surface area contributed by atoms with Crippen LogP contribution in [0, 0.1) is 0 Å². The van der Waals surface area contributed by atoms with E-state index in [-0.39, 0.29) is 17.1 Å². The molecular weight excluding hydrogens is 453 g/mol. The Morgan fingerprint density at radius 3 is 2.25 bits per heavy atom. The number of nitrogens with zero attached hydrogens (tertiary/aromatic N) is 1. The summed E-state index contributed by atoms with van der Waals surface area (Å²) < 4.78 is 44.4. The van der Waals surface area contributed by atoms with Gasteiger partial charge in [-0.3, -0.25) is 15.0 Å². The van der Waals surface area contributed by atoms with Gasteiger partial charge in [0.1, 0.15) is 17.2 Å². The molecule has 0 aliphatic rings. The van der Waals surface area contributed by atoms with E-state index in [2.05, 4.69) is 15.6 Å². The Morgan fingerprint density at radius 2 is 1.59 bits per heavy atom. The Bertz CT molecular complexity index is 1140. The Kier molecular flexibility index (Phi) is 6.81. The number of benzene rings is 2. The monoisotopic (exact) mass is 466 g/mol. The standard InChI is InChI=1S/C20H14ClF3N4O4/c21-16-6-3-12(9-15(16)20(22,23)24)27-19(30)26-11-1-4-13(5-2-11)32-14-7-8-25-17(10-14)18(29)28-31/h1-10,31H,(H,28,29)(H2,26,27,30). The van der Waals surface area contributed by atoms with Crippen molar-refractivity contribution in [2.75, 3.05) is 10.6 Å². The number of hydrogen-bond acceptors (Lipinski definition) is 5. The van der Waals surface area contributed by atoms with Crippen molar-refractivity contribution in [2.45, 2.75) is 6.18 Å². The lowest BCUT2D eigenvalue weighted by molar-refractivity contribution is -0.137. The van der Waals surface area contributed by atoms with Crippen LogP contribution in [0.3, 0.4) is 0 Å². The number of carbonyl (C=O) groups excluding carboxylic acids is 2. The molecule has 3 amide bonds. The van der Waals surface area contributed by atoms with Crippen LogP contribution in [0.5, 0.6) is 11.5 Å². The third kappa shape index (κ3) is 5.86. The highest BCUT2D eigenvalue weighted by molar-refractivity contribution is 6.31. The van der Waals surface area contributed by atoms with E-state index in [9.17, 15) is 22.8 Å². The van der Waals surface area contributed by atoms with E-state index in [0.717, 1.165) is 12.1 Å². The highest BCUT2D eigenvalue weighted by atomic mass is 35.5. The lowest BCUT2D eigenvalue weighted by atomic mass is 10.2. The van der Waals surface area contributed by atoms with Gasteiger partial charge in [-0.15, -0.1) is 0 Å². The van der Waals surface area contributed by atoms with Crippen LogP contribution in [0.2, 0.25) is 5.02 Å². The van der Waals surface area contributed by atoms with E-state index in [1.165, 1.54) is 54.1 Å². The zero-order valence-corrected chi connectivity index (χ0v) is 16.7. The molecule has 0 spiro atoms. The van der Waals surface area contributed by atoms with E-state index < -0.39 is 28.7 Å². The zero-order chi connectivity index (χ0) is 23.3. The minimum atomic E-state index is -4.65. The number of nitrogens with one attached hydrogen (secondary N) is 3. The smallest absolute Gasteiger partial charge is 0.417 e. The molecule has 166 valence electrons. The summed E-state index contributed by atoms with van der Waals surface area (Å²) in [6.07, 6.45) is -3.33. The molecule has 2 aromatic carbocycles. The third-order valence-corrected chi connectivity index (χ3v) is 4.27. The second-order valence-corrected chi connectivity index (χ2v) is 6.62. The van der Waals surface area contributed by atoms with Crippen LogP contribution >= 0.6 is 11.6 Å². The van der Waals surface area contributed by atoms with Gasteiger partial charge in [-0.2, -0.15) is 13.2 Å². The molecule has 12 heteroatoms. The largest absolute Gasteiger partial charge is 0.457 e. The minimum absolute atomic E-state index is 0.0594. The Morgan fingerprint density at radius 1 is 0.938 bits per heavy atom. The van der Waals surface area contributed by atoms with E-state index in [1.54, 1.807) is 0 Å². The van der Waals surface area contributed by atoms with E-state index in [4.69, 9.17) is 21.5 Å². The van der Waals surface area contributed by atoms with E-state index in [1.807, 2.05) is 0 Å². The summed E-state index contributed by atoms with van der Waals surface area (Å²) in [5.74, 6) is -0.158. The maximum Gasteiger partial charge on any atom is 0.417 e. The van der Waals surface area contributed by atoms with E-state index in [0.29, 0.717) is 11.4 Å². The van der Waals surface area contributed by atoms with Gasteiger partial charge < -0.3 is 15.4 Å². The number of aromatic nitrogens is 1. The van der Waals surface area contributed by atoms with Crippen LogP contribution < -0.4 is 20.9 Å². The fourth-order valence-electron chi connectivity index (χ4n) is 2.51. The summed E-state index contributed by atoms with van der Waals surface area (Å²) in [7, 11) is 0. The summed E-state index contributed by atoms with van der Waals surface area (Å²) in [6, 6.07) is 11.1. The SMILES string of the molecule is O=C(Nc1ccc(Oc2ccnc(C(=O)NO)c2)cc1)Nc1ccc(Cl)c(C(F)(F)F)c1. The molecular formula is C20H14ClF3N4O4. The summed E-state index contributed by atoms with van der Waals surface area (Å²) in [5.41, 5.74) is 0.602. The lowest BCUT2D eigenvalue weighted by Crippen LogP contribution is -2.20.